The van der Waals surface area contributed by atoms with Gasteiger partial charge in [-0.1, -0.05) is 57.3 Å². The van der Waals surface area contributed by atoms with Gasteiger partial charge in [-0.15, -0.1) is 11.3 Å². The van der Waals surface area contributed by atoms with Crippen LogP contribution < -0.4 is 10.6 Å². The van der Waals surface area contributed by atoms with Crippen molar-refractivity contribution in [2.75, 3.05) is 25.0 Å². The summed E-state index contributed by atoms with van der Waals surface area (Å²) >= 11 is 7.42. The Bertz CT molecular complexity index is 916. The normalized spacial score (nSPS) is 10.8. The van der Waals surface area contributed by atoms with Crippen molar-refractivity contribution in [2.45, 2.75) is 46.5 Å². The lowest BCUT2D eigenvalue weighted by atomic mass is 10.1. The summed E-state index contributed by atoms with van der Waals surface area (Å²) in [4.78, 5) is 43.4. The number of hydrogen-bond donors (Lipinski definition) is 2. The first-order valence-corrected chi connectivity index (χ1v) is 12.1. The van der Waals surface area contributed by atoms with Crippen LogP contribution in [0.15, 0.2) is 29.6 Å². The number of anilines is 1. The Morgan fingerprint density at radius 1 is 1.16 bits per heavy atom. The first-order valence-electron chi connectivity index (χ1n) is 10.8. The van der Waals surface area contributed by atoms with Gasteiger partial charge >= 0.3 is 0 Å². The van der Waals surface area contributed by atoms with E-state index in [1.165, 1.54) is 16.2 Å². The number of benzene rings is 1. The third-order valence-corrected chi connectivity index (χ3v) is 5.69. The summed E-state index contributed by atoms with van der Waals surface area (Å²) in [7, 11) is 0. The van der Waals surface area contributed by atoms with E-state index >= 15 is 0 Å². The van der Waals surface area contributed by atoms with Crippen molar-refractivity contribution >= 4 is 45.8 Å². The quantitative estimate of drug-likeness (QED) is 0.443. The standard InChI is InChI=1S/C23H31ClN4O3S/c1-4-5-8-11-25-20(29)12-17-15-32-23(26-17)27-21(30)14-28(13-16(2)3)22(31)18-9-6-7-10-19(18)24/h6-7,9-10,15-16H,4-5,8,11-14H2,1-3H3,(H,25,29)(H,26,27,30). The van der Waals surface area contributed by atoms with Gasteiger partial charge in [-0.25, -0.2) is 4.98 Å². The highest BCUT2D eigenvalue weighted by Crippen LogP contribution is 2.19. The molecule has 0 radical (unpaired) electrons. The lowest BCUT2D eigenvalue weighted by Gasteiger charge is -2.24. The van der Waals surface area contributed by atoms with E-state index in [1.54, 1.807) is 29.6 Å². The van der Waals surface area contributed by atoms with Crippen LogP contribution in [-0.2, 0) is 16.0 Å². The van der Waals surface area contributed by atoms with E-state index in [4.69, 9.17) is 11.6 Å². The largest absolute Gasteiger partial charge is 0.356 e. The van der Waals surface area contributed by atoms with Crippen molar-refractivity contribution in [1.29, 1.82) is 0 Å². The van der Waals surface area contributed by atoms with Gasteiger partial charge in [0.2, 0.25) is 11.8 Å². The fourth-order valence-electron chi connectivity index (χ4n) is 3.07. The Labute approximate surface area is 198 Å². The molecule has 0 atom stereocenters. The second-order valence-electron chi connectivity index (χ2n) is 7.99. The van der Waals surface area contributed by atoms with Gasteiger partial charge in [-0.2, -0.15) is 0 Å². The van der Waals surface area contributed by atoms with Gasteiger partial charge in [0.25, 0.3) is 5.91 Å². The Morgan fingerprint density at radius 2 is 1.91 bits per heavy atom. The van der Waals surface area contributed by atoms with Crippen LogP contribution in [0.1, 0.15) is 56.1 Å². The molecule has 3 amide bonds. The number of hydrogen-bond acceptors (Lipinski definition) is 5. The second kappa shape index (κ2) is 13.2. The molecule has 0 unspecified atom stereocenters. The highest BCUT2D eigenvalue weighted by Gasteiger charge is 2.22. The van der Waals surface area contributed by atoms with Crippen LogP contribution in [-0.4, -0.2) is 47.2 Å². The number of nitrogens with one attached hydrogen (secondary N) is 2. The van der Waals surface area contributed by atoms with Gasteiger partial charge in [0.1, 0.15) is 6.54 Å². The highest BCUT2D eigenvalue weighted by atomic mass is 35.5. The van der Waals surface area contributed by atoms with Crippen LogP contribution in [0, 0.1) is 5.92 Å². The Morgan fingerprint density at radius 3 is 2.59 bits per heavy atom. The van der Waals surface area contributed by atoms with E-state index in [0.717, 1.165) is 19.3 Å². The molecule has 1 aromatic carbocycles. The van der Waals surface area contributed by atoms with Gasteiger partial charge in [0, 0.05) is 18.5 Å². The fourth-order valence-corrected chi connectivity index (χ4v) is 4.02. The maximum atomic E-state index is 12.9. The molecule has 7 nitrogen and oxygen atoms in total. The number of unbranched alkanes of at least 4 members (excludes halogenated alkanes) is 2. The van der Waals surface area contributed by atoms with Gasteiger partial charge in [0.05, 0.1) is 22.7 Å². The van der Waals surface area contributed by atoms with Gasteiger partial charge in [-0.3, -0.25) is 14.4 Å². The third kappa shape index (κ3) is 8.59. The van der Waals surface area contributed by atoms with Crippen LogP contribution in [0.25, 0.3) is 0 Å². The number of amides is 3. The molecule has 2 N–H and O–H groups in total. The summed E-state index contributed by atoms with van der Waals surface area (Å²) < 4.78 is 0. The lowest BCUT2D eigenvalue weighted by molar-refractivity contribution is -0.120. The van der Waals surface area contributed by atoms with E-state index in [0.29, 0.717) is 34.5 Å². The number of halogens is 1. The third-order valence-electron chi connectivity index (χ3n) is 4.55. The van der Waals surface area contributed by atoms with E-state index in [9.17, 15) is 14.4 Å². The van der Waals surface area contributed by atoms with Crippen LogP contribution in [0.2, 0.25) is 5.02 Å². The van der Waals surface area contributed by atoms with Crippen molar-refractivity contribution in [3.8, 4) is 0 Å². The first kappa shape index (κ1) is 25.8. The number of rotatable bonds is 12. The second-order valence-corrected chi connectivity index (χ2v) is 9.25. The number of aromatic nitrogens is 1. The van der Waals surface area contributed by atoms with Crippen LogP contribution in [0.3, 0.4) is 0 Å². The molecule has 2 aromatic rings. The van der Waals surface area contributed by atoms with Crippen molar-refractivity contribution in [2.24, 2.45) is 5.92 Å². The summed E-state index contributed by atoms with van der Waals surface area (Å²) in [5, 5.41) is 8.11. The zero-order chi connectivity index (χ0) is 23.5. The van der Waals surface area contributed by atoms with Crippen LogP contribution in [0.5, 0.6) is 0 Å². The van der Waals surface area contributed by atoms with E-state index < -0.39 is 0 Å². The SMILES string of the molecule is CCCCCNC(=O)Cc1csc(NC(=O)CN(CC(C)C)C(=O)c2ccccc2Cl)n1. The molecule has 0 saturated heterocycles. The topological polar surface area (TPSA) is 91.4 Å². The molecule has 0 fully saturated rings. The molecular formula is C23H31ClN4O3S. The molecule has 0 spiro atoms. The summed E-state index contributed by atoms with van der Waals surface area (Å²) in [5.41, 5.74) is 0.966. The molecule has 0 aliphatic heterocycles. The maximum absolute atomic E-state index is 12.9. The number of carbonyl (C=O) groups is 3. The van der Waals surface area contributed by atoms with E-state index in [1.807, 2.05) is 13.8 Å². The van der Waals surface area contributed by atoms with Gasteiger partial charge in [0.15, 0.2) is 5.13 Å². The highest BCUT2D eigenvalue weighted by molar-refractivity contribution is 7.13. The average Bonchev–Trinajstić information content (AvgIpc) is 3.16. The Balaban J connectivity index is 1.93. The molecule has 9 heteroatoms. The summed E-state index contributed by atoms with van der Waals surface area (Å²) in [5.74, 6) is -0.552. The molecule has 1 heterocycles. The number of nitrogens with zero attached hydrogens (tertiary/aromatic N) is 2. The Hall–Kier alpha value is -2.45. The first-order chi connectivity index (χ1) is 15.3. The minimum Gasteiger partial charge on any atom is -0.356 e. The van der Waals surface area contributed by atoms with Crippen molar-refractivity contribution in [3.05, 3.63) is 45.9 Å². The maximum Gasteiger partial charge on any atom is 0.255 e. The Kier molecular flexibility index (Phi) is 10.6. The average molecular weight is 479 g/mol. The molecule has 0 saturated carbocycles. The fraction of sp³-hybridized carbons (Fsp3) is 0.478. The summed E-state index contributed by atoms with van der Waals surface area (Å²) in [6.45, 7) is 7.03. The lowest BCUT2D eigenvalue weighted by Crippen LogP contribution is -2.40. The molecule has 0 bridgehead atoms. The molecule has 2 rings (SSSR count). The number of thiazole rings is 1. The molecule has 32 heavy (non-hydrogen) atoms. The molecule has 1 aromatic heterocycles. The zero-order valence-corrected chi connectivity index (χ0v) is 20.4. The minimum atomic E-state index is -0.351. The molecule has 174 valence electrons. The molecule has 0 aliphatic carbocycles. The molecule has 0 aliphatic rings. The smallest absolute Gasteiger partial charge is 0.255 e. The summed E-state index contributed by atoms with van der Waals surface area (Å²) in [6.07, 6.45) is 3.31. The van der Waals surface area contributed by atoms with Crippen LogP contribution >= 0.6 is 22.9 Å². The van der Waals surface area contributed by atoms with Crippen molar-refractivity contribution in [3.63, 3.8) is 0 Å². The van der Waals surface area contributed by atoms with Crippen molar-refractivity contribution in [1.82, 2.24) is 15.2 Å². The predicted molar refractivity (Wildman–Crippen MR) is 129 cm³/mol. The predicted octanol–water partition coefficient (Wildman–Crippen LogP) is 4.38. The van der Waals surface area contributed by atoms with E-state index in [2.05, 4.69) is 22.5 Å². The van der Waals surface area contributed by atoms with Gasteiger partial charge in [-0.05, 0) is 24.5 Å². The van der Waals surface area contributed by atoms with Gasteiger partial charge < -0.3 is 15.5 Å². The van der Waals surface area contributed by atoms with E-state index in [-0.39, 0.29) is 36.6 Å². The monoisotopic (exact) mass is 478 g/mol. The minimum absolute atomic E-state index is 0.0854. The van der Waals surface area contributed by atoms with Crippen LogP contribution in [0.4, 0.5) is 5.13 Å². The zero-order valence-electron chi connectivity index (χ0n) is 18.8. The number of carbonyl (C=O) groups excluding carboxylic acids is 3. The molecular weight excluding hydrogens is 448 g/mol. The van der Waals surface area contributed by atoms with Crippen molar-refractivity contribution < 1.29 is 14.4 Å². The summed E-state index contributed by atoms with van der Waals surface area (Å²) in [6, 6.07) is 6.80.